The third-order valence-electron chi connectivity index (χ3n) is 3.14. The van der Waals surface area contributed by atoms with Crippen LogP contribution in [0.5, 0.6) is 0 Å². The fraction of sp³-hybridized carbons (Fsp3) is 0.333. The molecule has 0 aliphatic carbocycles. The van der Waals surface area contributed by atoms with Gasteiger partial charge < -0.3 is 10.6 Å². The normalized spacial score (nSPS) is 10.7. The van der Waals surface area contributed by atoms with Gasteiger partial charge in [0.25, 0.3) is 0 Å². The molecule has 1 aromatic carbocycles. The van der Waals surface area contributed by atoms with Crippen molar-refractivity contribution in [3.05, 3.63) is 47.9 Å². The molecule has 0 saturated heterocycles. The van der Waals surface area contributed by atoms with Gasteiger partial charge in [-0.1, -0.05) is 13.0 Å². The van der Waals surface area contributed by atoms with Gasteiger partial charge in [-0.25, -0.2) is 18.7 Å². The largest absolute Gasteiger partial charge is 0.330 e. The highest BCUT2D eigenvalue weighted by Gasteiger charge is 2.18. The molecule has 0 radical (unpaired) electrons. The summed E-state index contributed by atoms with van der Waals surface area (Å²) in [5.41, 5.74) is 6.42. The molecule has 4 nitrogen and oxygen atoms in total. The Bertz CT molecular complexity index is 604. The molecule has 6 heteroatoms. The Hall–Kier alpha value is -2.08. The van der Waals surface area contributed by atoms with E-state index in [0.717, 1.165) is 0 Å². The van der Waals surface area contributed by atoms with Gasteiger partial charge in [-0.05, 0) is 37.6 Å². The molecule has 1 heterocycles. The summed E-state index contributed by atoms with van der Waals surface area (Å²) in [5, 5.41) is 0. The first-order valence-electron chi connectivity index (χ1n) is 6.90. The quantitative estimate of drug-likeness (QED) is 0.889. The zero-order chi connectivity index (χ0) is 15.2. The molecule has 112 valence electrons. The van der Waals surface area contributed by atoms with E-state index < -0.39 is 5.82 Å². The van der Waals surface area contributed by atoms with Gasteiger partial charge in [0.2, 0.25) is 0 Å². The van der Waals surface area contributed by atoms with Crippen molar-refractivity contribution >= 4 is 11.5 Å². The fourth-order valence-electron chi connectivity index (χ4n) is 2.08. The van der Waals surface area contributed by atoms with Crippen LogP contribution in [-0.2, 0) is 6.42 Å². The number of aromatic nitrogens is 2. The van der Waals surface area contributed by atoms with E-state index >= 15 is 0 Å². The summed E-state index contributed by atoms with van der Waals surface area (Å²) in [4.78, 5) is 9.57. The van der Waals surface area contributed by atoms with Crippen molar-refractivity contribution in [3.8, 4) is 0 Å². The third kappa shape index (κ3) is 3.52. The number of halogens is 2. The van der Waals surface area contributed by atoms with E-state index in [-0.39, 0.29) is 11.6 Å². The van der Waals surface area contributed by atoms with Crippen LogP contribution in [0.1, 0.15) is 19.0 Å². The molecule has 2 N–H and O–H groups in total. The number of nitrogens with two attached hydrogens (primary N) is 1. The van der Waals surface area contributed by atoms with Crippen molar-refractivity contribution in [2.75, 3.05) is 18.0 Å². The van der Waals surface area contributed by atoms with Gasteiger partial charge in [-0.15, -0.1) is 0 Å². The van der Waals surface area contributed by atoms with Crippen molar-refractivity contribution in [1.29, 1.82) is 0 Å². The van der Waals surface area contributed by atoms with Crippen LogP contribution in [0, 0.1) is 11.6 Å². The molecule has 2 aromatic rings. The molecule has 0 spiro atoms. The van der Waals surface area contributed by atoms with Crippen molar-refractivity contribution in [1.82, 2.24) is 9.97 Å². The monoisotopic (exact) mass is 292 g/mol. The number of aryl methyl sites for hydroxylation is 1. The number of hydrogen-bond donors (Lipinski definition) is 1. The van der Waals surface area contributed by atoms with E-state index in [4.69, 9.17) is 5.73 Å². The topological polar surface area (TPSA) is 55.0 Å². The van der Waals surface area contributed by atoms with Crippen LogP contribution in [0.3, 0.4) is 0 Å². The molecule has 0 saturated carbocycles. The average Bonchev–Trinajstić information content (AvgIpc) is 2.49. The van der Waals surface area contributed by atoms with Crippen LogP contribution in [-0.4, -0.2) is 23.1 Å². The summed E-state index contributed by atoms with van der Waals surface area (Å²) in [6.45, 7) is 2.73. The highest BCUT2D eigenvalue weighted by molar-refractivity contribution is 5.60. The summed E-state index contributed by atoms with van der Waals surface area (Å²) < 4.78 is 27.9. The van der Waals surface area contributed by atoms with Gasteiger partial charge in [0.15, 0.2) is 11.6 Å². The lowest BCUT2D eigenvalue weighted by atomic mass is 10.2. The minimum absolute atomic E-state index is 0.154. The minimum atomic E-state index is -0.471. The summed E-state index contributed by atoms with van der Waals surface area (Å²) in [6.07, 6.45) is 2.43. The Morgan fingerprint density at radius 2 is 2.05 bits per heavy atom. The van der Waals surface area contributed by atoms with Crippen molar-refractivity contribution in [2.24, 2.45) is 5.73 Å². The zero-order valence-corrected chi connectivity index (χ0v) is 11.9. The molecule has 2 rings (SSSR count). The standard InChI is InChI=1S/C15H18F2N4/c1-2-13-14(17)15(20-10-19-13)21(8-4-7-18)12-6-3-5-11(16)9-12/h3,5-6,9-10H,2,4,7-8,18H2,1H3. The zero-order valence-electron chi connectivity index (χ0n) is 11.9. The van der Waals surface area contributed by atoms with E-state index in [1.807, 2.05) is 6.92 Å². The van der Waals surface area contributed by atoms with Crippen LogP contribution in [0.2, 0.25) is 0 Å². The van der Waals surface area contributed by atoms with Crippen molar-refractivity contribution in [2.45, 2.75) is 19.8 Å². The fourth-order valence-corrected chi connectivity index (χ4v) is 2.08. The lowest BCUT2D eigenvalue weighted by Crippen LogP contribution is -2.23. The van der Waals surface area contributed by atoms with E-state index in [9.17, 15) is 8.78 Å². The molecular weight excluding hydrogens is 274 g/mol. The van der Waals surface area contributed by atoms with E-state index in [1.54, 1.807) is 17.0 Å². The first-order valence-corrected chi connectivity index (χ1v) is 6.90. The van der Waals surface area contributed by atoms with Crippen molar-refractivity contribution in [3.63, 3.8) is 0 Å². The number of nitrogens with zero attached hydrogens (tertiary/aromatic N) is 3. The third-order valence-corrected chi connectivity index (χ3v) is 3.14. The smallest absolute Gasteiger partial charge is 0.187 e. The summed E-state index contributed by atoms with van der Waals surface area (Å²) in [6, 6.07) is 5.99. The Morgan fingerprint density at radius 1 is 1.24 bits per heavy atom. The summed E-state index contributed by atoms with van der Waals surface area (Å²) in [7, 11) is 0. The van der Waals surface area contributed by atoms with Crippen LogP contribution in [0.4, 0.5) is 20.3 Å². The van der Waals surface area contributed by atoms with Crippen LogP contribution in [0.15, 0.2) is 30.6 Å². The highest BCUT2D eigenvalue weighted by Crippen LogP contribution is 2.27. The number of hydrogen-bond acceptors (Lipinski definition) is 4. The highest BCUT2D eigenvalue weighted by atomic mass is 19.1. The SMILES string of the molecule is CCc1ncnc(N(CCCN)c2cccc(F)c2)c1F. The summed E-state index contributed by atoms with van der Waals surface area (Å²) >= 11 is 0. The second kappa shape index (κ2) is 7.08. The van der Waals surface area contributed by atoms with Gasteiger partial charge in [-0.2, -0.15) is 0 Å². The number of benzene rings is 1. The predicted octanol–water partition coefficient (Wildman–Crippen LogP) is 2.80. The molecular formula is C15H18F2N4. The van der Waals surface area contributed by atoms with E-state index in [2.05, 4.69) is 9.97 Å². The second-order valence-electron chi connectivity index (χ2n) is 4.59. The first kappa shape index (κ1) is 15.3. The molecule has 0 fully saturated rings. The molecule has 1 aromatic heterocycles. The van der Waals surface area contributed by atoms with Gasteiger partial charge in [-0.3, -0.25) is 0 Å². The molecule has 0 unspecified atom stereocenters. The molecule has 21 heavy (non-hydrogen) atoms. The minimum Gasteiger partial charge on any atom is -0.330 e. The van der Waals surface area contributed by atoms with Gasteiger partial charge in [0.05, 0.1) is 5.69 Å². The van der Waals surface area contributed by atoms with E-state index in [1.165, 1.54) is 18.5 Å². The van der Waals surface area contributed by atoms with Crippen LogP contribution < -0.4 is 10.6 Å². The Morgan fingerprint density at radius 3 is 2.71 bits per heavy atom. The number of anilines is 2. The Kier molecular flexibility index (Phi) is 5.16. The number of rotatable bonds is 6. The van der Waals surface area contributed by atoms with Crippen LogP contribution >= 0.6 is 0 Å². The van der Waals surface area contributed by atoms with E-state index in [0.29, 0.717) is 37.3 Å². The van der Waals surface area contributed by atoms with Crippen molar-refractivity contribution < 1.29 is 8.78 Å². The predicted molar refractivity (Wildman–Crippen MR) is 78.4 cm³/mol. The molecule has 0 amide bonds. The molecule has 0 aliphatic rings. The van der Waals surface area contributed by atoms with Gasteiger partial charge in [0.1, 0.15) is 12.1 Å². The van der Waals surface area contributed by atoms with Gasteiger partial charge in [0, 0.05) is 12.2 Å². The maximum atomic E-state index is 14.4. The maximum Gasteiger partial charge on any atom is 0.187 e. The summed E-state index contributed by atoms with van der Waals surface area (Å²) in [5.74, 6) is -0.697. The maximum absolute atomic E-state index is 14.4. The van der Waals surface area contributed by atoms with Gasteiger partial charge >= 0.3 is 0 Å². The second-order valence-corrected chi connectivity index (χ2v) is 4.59. The lowest BCUT2D eigenvalue weighted by molar-refractivity contribution is 0.588. The van der Waals surface area contributed by atoms with Crippen LogP contribution in [0.25, 0.3) is 0 Å². The first-order chi connectivity index (χ1) is 10.2. The molecule has 0 atom stereocenters. The Balaban J connectivity index is 2.45. The molecule has 0 aliphatic heterocycles. The average molecular weight is 292 g/mol. The Labute approximate surface area is 122 Å². The molecule has 0 bridgehead atoms. The lowest BCUT2D eigenvalue weighted by Gasteiger charge is -2.24.